The third-order valence-electron chi connectivity index (χ3n) is 5.27. The molecule has 0 aliphatic carbocycles. The van der Waals surface area contributed by atoms with Crippen molar-refractivity contribution >= 4 is 10.0 Å². The van der Waals surface area contributed by atoms with Crippen LogP contribution in [0.5, 0.6) is 5.75 Å². The lowest BCUT2D eigenvalue weighted by atomic mass is 10.1. The van der Waals surface area contributed by atoms with E-state index in [1.54, 1.807) is 33.1 Å². The van der Waals surface area contributed by atoms with Gasteiger partial charge in [-0.2, -0.15) is 13.1 Å². The molecule has 0 bridgehead atoms. The normalized spacial score (nSPS) is 13.7. The maximum Gasteiger partial charge on any atom is 0.266 e. The predicted octanol–water partition coefficient (Wildman–Crippen LogP) is 5.53. The topological polar surface area (TPSA) is 46.6 Å². The first-order valence-corrected chi connectivity index (χ1v) is 11.3. The number of ether oxygens (including phenoxy) is 1. The van der Waals surface area contributed by atoms with E-state index < -0.39 is 27.3 Å². The number of hydrogen-bond donors (Lipinski definition) is 0. The Balaban J connectivity index is 2.31. The fourth-order valence-corrected chi connectivity index (χ4v) is 4.89. The van der Waals surface area contributed by atoms with Gasteiger partial charge in [0.2, 0.25) is 10.0 Å². The molecular formula is C23H29F2NO3S. The first-order valence-electron chi connectivity index (χ1n) is 9.82. The Labute approximate surface area is 178 Å². The standard InChI is InChI=1S/C23H29F2NO3S/c1-17-5-8-20(9-6-17)15-26(16-21-10-12-22(29-4)13-11-21)30(27,28)19(3)18(2)7-14-23(24)25/h5-6,8-14,18-19H,7,15-16H2,1-4H3/t18-,19+/m0/s1. The minimum atomic E-state index is -3.74. The lowest BCUT2D eigenvalue weighted by molar-refractivity contribution is 0.379. The molecule has 0 aliphatic heterocycles. The summed E-state index contributed by atoms with van der Waals surface area (Å²) < 4.78 is 58.4. The Morgan fingerprint density at radius 2 is 1.50 bits per heavy atom. The quantitative estimate of drug-likeness (QED) is 0.491. The Morgan fingerprint density at radius 1 is 1.00 bits per heavy atom. The largest absolute Gasteiger partial charge is 0.497 e. The van der Waals surface area contributed by atoms with Gasteiger partial charge in [-0.05, 0) is 55.5 Å². The van der Waals surface area contributed by atoms with E-state index in [0.29, 0.717) is 5.75 Å². The van der Waals surface area contributed by atoms with Gasteiger partial charge in [0.25, 0.3) is 6.08 Å². The monoisotopic (exact) mass is 437 g/mol. The molecule has 2 rings (SSSR count). The highest BCUT2D eigenvalue weighted by molar-refractivity contribution is 7.89. The summed E-state index contributed by atoms with van der Waals surface area (Å²) >= 11 is 0. The van der Waals surface area contributed by atoms with Crippen molar-refractivity contribution in [2.75, 3.05) is 7.11 Å². The number of nitrogens with zero attached hydrogens (tertiary/aromatic N) is 1. The van der Waals surface area contributed by atoms with Crippen molar-refractivity contribution in [2.24, 2.45) is 5.92 Å². The van der Waals surface area contributed by atoms with Gasteiger partial charge in [0, 0.05) is 13.1 Å². The molecule has 0 saturated heterocycles. The second kappa shape index (κ2) is 10.7. The van der Waals surface area contributed by atoms with Crippen LogP contribution < -0.4 is 4.74 Å². The Hall–Kier alpha value is -2.25. The minimum absolute atomic E-state index is 0.00361. The lowest BCUT2D eigenvalue weighted by Crippen LogP contribution is -2.39. The minimum Gasteiger partial charge on any atom is -0.497 e. The number of sulfonamides is 1. The maximum absolute atomic E-state index is 13.4. The summed E-state index contributed by atoms with van der Waals surface area (Å²) in [5.74, 6) is 0.238. The molecule has 164 valence electrons. The molecule has 2 aromatic rings. The number of allylic oxidation sites excluding steroid dienone is 1. The molecular weight excluding hydrogens is 408 g/mol. The average Bonchev–Trinajstić information content (AvgIpc) is 2.72. The number of hydrogen-bond acceptors (Lipinski definition) is 3. The molecule has 4 nitrogen and oxygen atoms in total. The first-order chi connectivity index (χ1) is 14.1. The van der Waals surface area contributed by atoms with E-state index in [0.717, 1.165) is 22.8 Å². The molecule has 0 aliphatic rings. The van der Waals surface area contributed by atoms with Crippen LogP contribution >= 0.6 is 0 Å². The molecule has 0 spiro atoms. The molecule has 0 aromatic heterocycles. The zero-order valence-corrected chi connectivity index (χ0v) is 18.6. The van der Waals surface area contributed by atoms with Gasteiger partial charge in [-0.15, -0.1) is 0 Å². The van der Waals surface area contributed by atoms with Crippen LogP contribution in [-0.4, -0.2) is 25.1 Å². The molecule has 0 amide bonds. The van der Waals surface area contributed by atoms with Crippen molar-refractivity contribution in [3.05, 3.63) is 77.4 Å². The highest BCUT2D eigenvalue weighted by atomic mass is 32.2. The van der Waals surface area contributed by atoms with Crippen LogP contribution in [0.1, 0.15) is 37.0 Å². The molecule has 7 heteroatoms. The average molecular weight is 438 g/mol. The van der Waals surface area contributed by atoms with Crippen molar-refractivity contribution in [2.45, 2.75) is 45.5 Å². The summed E-state index contributed by atoms with van der Waals surface area (Å²) in [6.45, 7) is 5.62. The third-order valence-corrected chi connectivity index (χ3v) is 7.65. The van der Waals surface area contributed by atoms with Crippen LogP contribution in [0.4, 0.5) is 8.78 Å². The van der Waals surface area contributed by atoms with Crippen molar-refractivity contribution in [1.82, 2.24) is 4.31 Å². The SMILES string of the molecule is COc1ccc(CN(Cc2ccc(C)cc2)S(=O)(=O)[C@H](C)[C@@H](C)CC=C(F)F)cc1. The molecule has 0 heterocycles. The number of aryl methyl sites for hydroxylation is 1. The van der Waals surface area contributed by atoms with Gasteiger partial charge in [0.15, 0.2) is 0 Å². The van der Waals surface area contributed by atoms with Crippen molar-refractivity contribution < 1.29 is 21.9 Å². The molecule has 2 atom stereocenters. The summed E-state index contributed by atoms with van der Waals surface area (Å²) in [7, 11) is -2.17. The van der Waals surface area contributed by atoms with E-state index in [9.17, 15) is 17.2 Å². The van der Waals surface area contributed by atoms with E-state index >= 15 is 0 Å². The third kappa shape index (κ3) is 6.64. The molecule has 2 aromatic carbocycles. The second-order valence-electron chi connectivity index (χ2n) is 7.56. The van der Waals surface area contributed by atoms with E-state index in [-0.39, 0.29) is 19.5 Å². The summed E-state index contributed by atoms with van der Waals surface area (Å²) in [6.07, 6.45) is -1.00. The van der Waals surface area contributed by atoms with Crippen LogP contribution in [0, 0.1) is 12.8 Å². The Morgan fingerprint density at radius 3 is 1.97 bits per heavy atom. The highest BCUT2D eigenvalue weighted by Crippen LogP contribution is 2.25. The van der Waals surface area contributed by atoms with Crippen LogP contribution in [0.25, 0.3) is 0 Å². The second-order valence-corrected chi connectivity index (χ2v) is 9.85. The number of benzene rings is 2. The summed E-state index contributed by atoms with van der Waals surface area (Å²) in [5.41, 5.74) is 2.78. The van der Waals surface area contributed by atoms with Crippen LogP contribution in [0.2, 0.25) is 0 Å². The summed E-state index contributed by atoms with van der Waals surface area (Å²) in [5, 5.41) is -0.809. The maximum atomic E-state index is 13.4. The molecule has 0 unspecified atom stereocenters. The highest BCUT2D eigenvalue weighted by Gasteiger charge is 2.32. The van der Waals surface area contributed by atoms with Crippen molar-refractivity contribution in [1.29, 1.82) is 0 Å². The van der Waals surface area contributed by atoms with E-state index in [1.165, 1.54) is 4.31 Å². The summed E-state index contributed by atoms with van der Waals surface area (Å²) in [4.78, 5) is 0. The zero-order valence-electron chi connectivity index (χ0n) is 17.8. The fourth-order valence-electron chi connectivity index (χ4n) is 3.06. The van der Waals surface area contributed by atoms with Crippen LogP contribution in [-0.2, 0) is 23.1 Å². The van der Waals surface area contributed by atoms with Gasteiger partial charge >= 0.3 is 0 Å². The van der Waals surface area contributed by atoms with Crippen molar-refractivity contribution in [3.63, 3.8) is 0 Å². The van der Waals surface area contributed by atoms with Gasteiger partial charge in [-0.3, -0.25) is 0 Å². The van der Waals surface area contributed by atoms with Gasteiger partial charge < -0.3 is 4.74 Å². The van der Waals surface area contributed by atoms with Crippen molar-refractivity contribution in [3.8, 4) is 5.75 Å². The Kier molecular flexibility index (Phi) is 8.55. The van der Waals surface area contributed by atoms with Gasteiger partial charge in [0.05, 0.1) is 12.4 Å². The molecule has 30 heavy (non-hydrogen) atoms. The molecule has 0 saturated carbocycles. The van der Waals surface area contributed by atoms with E-state index in [1.807, 2.05) is 43.3 Å². The fraction of sp³-hybridized carbons (Fsp3) is 0.391. The smallest absolute Gasteiger partial charge is 0.266 e. The molecule has 0 N–H and O–H groups in total. The van der Waals surface area contributed by atoms with Gasteiger partial charge in [0.1, 0.15) is 5.75 Å². The number of methoxy groups -OCH3 is 1. The van der Waals surface area contributed by atoms with Crippen LogP contribution in [0.15, 0.2) is 60.7 Å². The van der Waals surface area contributed by atoms with Gasteiger partial charge in [-0.25, -0.2) is 8.42 Å². The summed E-state index contributed by atoms with van der Waals surface area (Å²) in [6, 6.07) is 14.9. The predicted molar refractivity (Wildman–Crippen MR) is 116 cm³/mol. The van der Waals surface area contributed by atoms with Crippen LogP contribution in [0.3, 0.4) is 0 Å². The first kappa shape index (κ1) is 24.0. The van der Waals surface area contributed by atoms with Gasteiger partial charge in [-0.1, -0.05) is 48.9 Å². The lowest BCUT2D eigenvalue weighted by Gasteiger charge is -2.29. The molecule has 0 radical (unpaired) electrons. The van der Waals surface area contributed by atoms with E-state index in [2.05, 4.69) is 0 Å². The Bertz CT molecular complexity index is 937. The number of halogens is 2. The molecule has 0 fully saturated rings. The number of rotatable bonds is 10. The zero-order chi connectivity index (χ0) is 22.3. The van der Waals surface area contributed by atoms with E-state index in [4.69, 9.17) is 4.74 Å².